The summed E-state index contributed by atoms with van der Waals surface area (Å²) in [7, 11) is 0. The van der Waals surface area contributed by atoms with Crippen LogP contribution in [0, 0.1) is 12.3 Å². The molecule has 0 saturated heterocycles. The second-order valence-corrected chi connectivity index (χ2v) is 10.7. The van der Waals surface area contributed by atoms with Crippen molar-refractivity contribution in [2.45, 2.75) is 73.3 Å². The highest BCUT2D eigenvalue weighted by Crippen LogP contribution is 2.45. The van der Waals surface area contributed by atoms with Gasteiger partial charge >= 0.3 is 0 Å². The number of aryl methyl sites for hydroxylation is 2. The summed E-state index contributed by atoms with van der Waals surface area (Å²) in [5, 5.41) is 0. The Kier molecular flexibility index (Phi) is 6.22. The highest BCUT2D eigenvalue weighted by molar-refractivity contribution is 5.80. The summed E-state index contributed by atoms with van der Waals surface area (Å²) in [6.45, 7) is 22.3. The molecule has 0 bridgehead atoms. The number of nitrogens with zero attached hydrogens (tertiary/aromatic N) is 2. The highest BCUT2D eigenvalue weighted by Gasteiger charge is 2.38. The molecule has 0 N–H and O–H groups in total. The Hall–Kier alpha value is -2.87. The normalized spacial score (nSPS) is 17.8. The fourth-order valence-corrected chi connectivity index (χ4v) is 5.15. The molecule has 33 heavy (non-hydrogen) atoms. The summed E-state index contributed by atoms with van der Waals surface area (Å²) in [5.74, 6) is 0. The maximum atomic E-state index is 4.57. The minimum Gasteiger partial charge on any atom is -0.343 e. The molecule has 1 aromatic heterocycles. The van der Waals surface area contributed by atoms with Crippen molar-refractivity contribution in [3.05, 3.63) is 95.0 Å². The lowest BCUT2D eigenvalue weighted by Gasteiger charge is -2.47. The Morgan fingerprint density at radius 3 is 2.52 bits per heavy atom. The van der Waals surface area contributed by atoms with Crippen LogP contribution in [0.5, 0.6) is 0 Å². The monoisotopic (exact) mass is 438 g/mol. The van der Waals surface area contributed by atoms with E-state index in [1.165, 1.54) is 44.7 Å². The van der Waals surface area contributed by atoms with E-state index >= 15 is 0 Å². The lowest BCUT2D eigenvalue weighted by molar-refractivity contribution is 0.189. The van der Waals surface area contributed by atoms with E-state index in [4.69, 9.17) is 0 Å². The molecule has 3 heterocycles. The van der Waals surface area contributed by atoms with Crippen LogP contribution in [0.1, 0.15) is 69.8 Å². The number of allylic oxidation sites excluding steroid dienone is 4. The van der Waals surface area contributed by atoms with Crippen molar-refractivity contribution in [1.29, 1.82) is 0 Å². The summed E-state index contributed by atoms with van der Waals surface area (Å²) >= 11 is 0. The van der Waals surface area contributed by atoms with Crippen molar-refractivity contribution in [1.82, 2.24) is 9.88 Å². The first-order chi connectivity index (χ1) is 15.6. The van der Waals surface area contributed by atoms with Gasteiger partial charge in [0.05, 0.1) is 0 Å². The molecule has 0 saturated carbocycles. The number of fused-ring (bicyclic) bond motifs is 3. The van der Waals surface area contributed by atoms with E-state index in [2.05, 4.69) is 94.2 Å². The van der Waals surface area contributed by atoms with Crippen LogP contribution in [0.3, 0.4) is 0 Å². The standard InChI is InChI=1S/C31H38N2/c1-9-11-20(3)28-19-33-29(14-21(28)4)27-15-23(10-2)26(24-13-12-22(5)32-18-24)16-25(27)17-30(33)31(6,7)8/h12-16,18-19,30H,3-4,9-11,17H2,1-2,5-8H3. The molecule has 2 aromatic rings. The van der Waals surface area contributed by atoms with Crippen molar-refractivity contribution >= 4 is 5.70 Å². The number of hydrogen-bond acceptors (Lipinski definition) is 2. The van der Waals surface area contributed by atoms with Gasteiger partial charge in [0.25, 0.3) is 0 Å². The van der Waals surface area contributed by atoms with Crippen LogP contribution in [0.15, 0.2) is 72.6 Å². The molecule has 0 aliphatic carbocycles. The molecule has 0 spiro atoms. The van der Waals surface area contributed by atoms with E-state index in [0.717, 1.165) is 37.0 Å². The number of benzene rings is 1. The van der Waals surface area contributed by atoms with Crippen LogP contribution in [0.25, 0.3) is 16.8 Å². The lowest BCUT2D eigenvalue weighted by Crippen LogP contribution is -2.45. The fourth-order valence-electron chi connectivity index (χ4n) is 5.15. The lowest BCUT2D eigenvalue weighted by atomic mass is 9.75. The van der Waals surface area contributed by atoms with E-state index in [0.29, 0.717) is 6.04 Å². The van der Waals surface area contributed by atoms with Crippen molar-refractivity contribution < 1.29 is 0 Å². The van der Waals surface area contributed by atoms with Gasteiger partial charge in [-0.3, -0.25) is 4.98 Å². The van der Waals surface area contributed by atoms with Gasteiger partial charge in [-0.2, -0.15) is 0 Å². The van der Waals surface area contributed by atoms with Gasteiger partial charge in [0.1, 0.15) is 0 Å². The van der Waals surface area contributed by atoms with Crippen molar-refractivity contribution in [3.63, 3.8) is 0 Å². The Bertz CT molecular complexity index is 1150. The van der Waals surface area contributed by atoms with Crippen molar-refractivity contribution in [2.75, 3.05) is 0 Å². The second-order valence-electron chi connectivity index (χ2n) is 10.7. The predicted molar refractivity (Wildman–Crippen MR) is 142 cm³/mol. The third kappa shape index (κ3) is 4.36. The predicted octanol–water partition coefficient (Wildman–Crippen LogP) is 8.04. The third-order valence-corrected chi connectivity index (χ3v) is 7.09. The number of hydrogen-bond donors (Lipinski definition) is 0. The molecule has 0 radical (unpaired) electrons. The molecule has 2 aliphatic heterocycles. The summed E-state index contributed by atoms with van der Waals surface area (Å²) in [6, 6.07) is 9.52. The molecule has 0 fully saturated rings. The van der Waals surface area contributed by atoms with Gasteiger partial charge in [-0.05, 0) is 83.2 Å². The Morgan fingerprint density at radius 2 is 1.91 bits per heavy atom. The minimum atomic E-state index is 0.123. The molecule has 2 aliphatic rings. The molecule has 0 amide bonds. The van der Waals surface area contributed by atoms with Crippen LogP contribution >= 0.6 is 0 Å². The first-order valence-corrected chi connectivity index (χ1v) is 12.3. The molecule has 1 atom stereocenters. The van der Waals surface area contributed by atoms with Gasteiger partial charge in [0.15, 0.2) is 0 Å². The van der Waals surface area contributed by atoms with Crippen LogP contribution in [-0.4, -0.2) is 15.9 Å². The van der Waals surface area contributed by atoms with Crippen molar-refractivity contribution in [2.24, 2.45) is 5.41 Å². The largest absolute Gasteiger partial charge is 0.343 e. The average molecular weight is 439 g/mol. The number of aromatic nitrogens is 1. The quantitative estimate of drug-likeness (QED) is 0.469. The fraction of sp³-hybridized carbons (Fsp3) is 0.387. The van der Waals surface area contributed by atoms with E-state index in [-0.39, 0.29) is 5.41 Å². The maximum Gasteiger partial charge on any atom is 0.0491 e. The highest BCUT2D eigenvalue weighted by atomic mass is 15.2. The topological polar surface area (TPSA) is 16.1 Å². The van der Waals surface area contributed by atoms with Crippen LogP contribution in [0.2, 0.25) is 0 Å². The molecule has 2 nitrogen and oxygen atoms in total. The Labute approximate surface area is 200 Å². The van der Waals surface area contributed by atoms with E-state index in [1.807, 2.05) is 13.1 Å². The molecule has 4 rings (SSSR count). The zero-order chi connectivity index (χ0) is 23.9. The summed E-state index contributed by atoms with van der Waals surface area (Å²) < 4.78 is 0. The second kappa shape index (κ2) is 8.82. The van der Waals surface area contributed by atoms with Gasteiger partial charge in [0, 0.05) is 41.0 Å². The summed E-state index contributed by atoms with van der Waals surface area (Å²) in [6.07, 6.45) is 10.7. The van der Waals surface area contributed by atoms with Gasteiger partial charge in [-0.25, -0.2) is 0 Å². The zero-order valence-electron chi connectivity index (χ0n) is 21.3. The molecule has 2 heteroatoms. The van der Waals surface area contributed by atoms with E-state index in [9.17, 15) is 0 Å². The van der Waals surface area contributed by atoms with Gasteiger partial charge in [-0.1, -0.05) is 66.3 Å². The molecule has 1 aromatic carbocycles. The first-order valence-electron chi connectivity index (χ1n) is 12.3. The number of rotatable bonds is 5. The first kappa shape index (κ1) is 23.3. The van der Waals surface area contributed by atoms with E-state index < -0.39 is 0 Å². The Balaban J connectivity index is 1.87. The molecular formula is C31H38N2. The van der Waals surface area contributed by atoms with Gasteiger partial charge < -0.3 is 4.90 Å². The molecule has 1 unspecified atom stereocenters. The van der Waals surface area contributed by atoms with Crippen molar-refractivity contribution in [3.8, 4) is 11.1 Å². The average Bonchev–Trinajstić information content (AvgIpc) is 2.77. The summed E-state index contributed by atoms with van der Waals surface area (Å²) in [4.78, 5) is 7.08. The van der Waals surface area contributed by atoms with Crippen LogP contribution < -0.4 is 0 Å². The Morgan fingerprint density at radius 1 is 1.15 bits per heavy atom. The minimum absolute atomic E-state index is 0.123. The maximum absolute atomic E-state index is 4.57. The smallest absolute Gasteiger partial charge is 0.0491 e. The van der Waals surface area contributed by atoms with Crippen LogP contribution in [0.4, 0.5) is 0 Å². The van der Waals surface area contributed by atoms with Gasteiger partial charge in [0.2, 0.25) is 0 Å². The zero-order valence-corrected chi connectivity index (χ0v) is 21.3. The molecule has 172 valence electrons. The van der Waals surface area contributed by atoms with Crippen LogP contribution in [-0.2, 0) is 12.8 Å². The summed E-state index contributed by atoms with van der Waals surface area (Å²) in [5.41, 5.74) is 12.6. The SMILES string of the molecule is C=C1C=C2c3cc(CC)c(-c4ccc(C)nc4)cc3CC(C(C)(C)C)N2C=C1C(=C)CCC. The third-order valence-electron chi connectivity index (χ3n) is 7.09. The van der Waals surface area contributed by atoms with E-state index in [1.54, 1.807) is 0 Å². The number of pyridine rings is 1. The molecular weight excluding hydrogens is 400 g/mol. The van der Waals surface area contributed by atoms with Gasteiger partial charge in [-0.15, -0.1) is 0 Å².